The Morgan fingerprint density at radius 3 is 2.74 bits per heavy atom. The lowest BCUT2D eigenvalue weighted by molar-refractivity contribution is -0.139. The summed E-state index contributed by atoms with van der Waals surface area (Å²) >= 11 is 5.82. The van der Waals surface area contributed by atoms with E-state index >= 15 is 0 Å². The Morgan fingerprint density at radius 2 is 2.11 bits per heavy atom. The van der Waals surface area contributed by atoms with Crippen molar-refractivity contribution in [2.75, 3.05) is 13.1 Å². The van der Waals surface area contributed by atoms with Crippen LogP contribution in [-0.4, -0.2) is 30.0 Å². The van der Waals surface area contributed by atoms with Crippen molar-refractivity contribution in [2.24, 2.45) is 5.92 Å². The van der Waals surface area contributed by atoms with E-state index in [1.54, 1.807) is 31.2 Å². The van der Waals surface area contributed by atoms with Crippen LogP contribution in [0.1, 0.15) is 26.7 Å². The van der Waals surface area contributed by atoms with Gasteiger partial charge in [0, 0.05) is 18.1 Å². The van der Waals surface area contributed by atoms with Crippen LogP contribution >= 0.6 is 11.6 Å². The Labute approximate surface area is 119 Å². The zero-order chi connectivity index (χ0) is 13.8. The van der Waals surface area contributed by atoms with Gasteiger partial charge in [0.05, 0.1) is 0 Å². The quantitative estimate of drug-likeness (QED) is 0.850. The van der Waals surface area contributed by atoms with Crippen LogP contribution in [0.4, 0.5) is 0 Å². The molecule has 1 amide bonds. The van der Waals surface area contributed by atoms with E-state index in [1.807, 2.05) is 4.90 Å². The molecule has 1 heterocycles. The molecule has 19 heavy (non-hydrogen) atoms. The van der Waals surface area contributed by atoms with Crippen molar-refractivity contribution in [3.63, 3.8) is 0 Å². The molecule has 0 radical (unpaired) electrons. The number of amides is 1. The highest BCUT2D eigenvalue weighted by Crippen LogP contribution is 2.19. The minimum absolute atomic E-state index is 0.0708. The number of likely N-dealkylation sites (tertiary alicyclic amines) is 1. The van der Waals surface area contributed by atoms with Gasteiger partial charge in [0.15, 0.2) is 6.10 Å². The number of ether oxygens (including phenoxy) is 1. The van der Waals surface area contributed by atoms with Crippen molar-refractivity contribution in [3.05, 3.63) is 29.3 Å². The van der Waals surface area contributed by atoms with Crippen molar-refractivity contribution in [1.29, 1.82) is 0 Å². The first-order valence-electron chi connectivity index (χ1n) is 6.77. The largest absolute Gasteiger partial charge is 0.481 e. The summed E-state index contributed by atoms with van der Waals surface area (Å²) in [6, 6.07) is 7.09. The predicted octanol–water partition coefficient (Wildman–Crippen LogP) is 3.37. The second kappa shape index (κ2) is 6.29. The smallest absolute Gasteiger partial charge is 0.263 e. The molecule has 4 heteroatoms. The molecule has 0 bridgehead atoms. The van der Waals surface area contributed by atoms with Gasteiger partial charge in [-0.1, -0.05) is 18.5 Å². The molecular formula is C15H20ClNO2. The predicted molar refractivity (Wildman–Crippen MR) is 76.5 cm³/mol. The number of nitrogens with zero attached hydrogens (tertiary/aromatic N) is 1. The third-order valence-electron chi connectivity index (χ3n) is 3.44. The van der Waals surface area contributed by atoms with Crippen LogP contribution in [0.15, 0.2) is 24.3 Å². The molecule has 0 saturated carbocycles. The fraction of sp³-hybridized carbons (Fsp3) is 0.533. The maximum absolute atomic E-state index is 12.3. The average molecular weight is 282 g/mol. The second-order valence-electron chi connectivity index (χ2n) is 5.25. The highest BCUT2D eigenvalue weighted by atomic mass is 35.5. The van der Waals surface area contributed by atoms with Crippen LogP contribution in [0.25, 0.3) is 0 Å². The molecule has 0 aliphatic carbocycles. The Morgan fingerprint density at radius 1 is 1.42 bits per heavy atom. The van der Waals surface area contributed by atoms with E-state index in [0.717, 1.165) is 19.5 Å². The van der Waals surface area contributed by atoms with E-state index in [2.05, 4.69) is 6.92 Å². The molecule has 3 nitrogen and oxygen atoms in total. The molecule has 104 valence electrons. The van der Waals surface area contributed by atoms with Gasteiger partial charge in [-0.25, -0.2) is 0 Å². The first-order valence-corrected chi connectivity index (χ1v) is 7.15. The highest BCUT2D eigenvalue weighted by Gasteiger charge is 2.25. The molecule has 0 spiro atoms. The molecule has 1 aromatic carbocycles. The molecule has 2 atom stereocenters. The van der Waals surface area contributed by atoms with Gasteiger partial charge in [0.25, 0.3) is 5.91 Å². The zero-order valence-corrected chi connectivity index (χ0v) is 12.2. The fourth-order valence-electron chi connectivity index (χ4n) is 2.41. The summed E-state index contributed by atoms with van der Waals surface area (Å²) < 4.78 is 5.67. The van der Waals surface area contributed by atoms with Gasteiger partial charge in [-0.15, -0.1) is 0 Å². The number of carbonyl (C=O) groups is 1. The van der Waals surface area contributed by atoms with Crippen molar-refractivity contribution in [2.45, 2.75) is 32.8 Å². The van der Waals surface area contributed by atoms with Gasteiger partial charge in [-0.2, -0.15) is 0 Å². The SMILES string of the molecule is CC1CCCN(C(=O)C(C)Oc2ccc(Cl)cc2)C1. The molecule has 0 aromatic heterocycles. The molecule has 2 unspecified atom stereocenters. The van der Waals surface area contributed by atoms with Crippen LogP contribution < -0.4 is 4.74 Å². The Hall–Kier alpha value is -1.22. The molecule has 1 aliphatic heterocycles. The first kappa shape index (κ1) is 14.2. The third-order valence-corrected chi connectivity index (χ3v) is 3.69. The summed E-state index contributed by atoms with van der Waals surface area (Å²) in [5.74, 6) is 1.33. The number of hydrogen-bond acceptors (Lipinski definition) is 2. The average Bonchev–Trinajstić information content (AvgIpc) is 2.40. The molecule has 1 saturated heterocycles. The summed E-state index contributed by atoms with van der Waals surface area (Å²) in [6.07, 6.45) is 1.84. The topological polar surface area (TPSA) is 29.5 Å². The Bertz CT molecular complexity index is 432. The van der Waals surface area contributed by atoms with E-state index in [-0.39, 0.29) is 5.91 Å². The summed E-state index contributed by atoms with van der Waals surface area (Å²) in [4.78, 5) is 14.2. The molecule has 1 aliphatic rings. The number of hydrogen-bond donors (Lipinski definition) is 0. The molecule has 1 aromatic rings. The monoisotopic (exact) mass is 281 g/mol. The van der Waals surface area contributed by atoms with Gasteiger partial charge >= 0.3 is 0 Å². The van der Waals surface area contributed by atoms with Crippen LogP contribution in [0.5, 0.6) is 5.75 Å². The minimum atomic E-state index is -0.452. The molecule has 2 rings (SSSR count). The van der Waals surface area contributed by atoms with Crippen molar-refractivity contribution >= 4 is 17.5 Å². The lowest BCUT2D eigenvalue weighted by Crippen LogP contribution is -2.45. The molecule has 0 N–H and O–H groups in total. The van der Waals surface area contributed by atoms with Gasteiger partial charge in [0.1, 0.15) is 5.75 Å². The lowest BCUT2D eigenvalue weighted by atomic mass is 10.00. The maximum Gasteiger partial charge on any atom is 0.263 e. The summed E-state index contributed by atoms with van der Waals surface area (Å²) in [7, 11) is 0. The van der Waals surface area contributed by atoms with E-state index in [9.17, 15) is 4.79 Å². The van der Waals surface area contributed by atoms with Crippen molar-refractivity contribution in [1.82, 2.24) is 4.90 Å². The van der Waals surface area contributed by atoms with Crippen LogP contribution in [0.3, 0.4) is 0 Å². The third kappa shape index (κ3) is 3.87. The van der Waals surface area contributed by atoms with E-state index in [4.69, 9.17) is 16.3 Å². The standard InChI is InChI=1S/C15H20ClNO2/c1-11-4-3-9-17(10-11)15(18)12(2)19-14-7-5-13(16)6-8-14/h5-8,11-12H,3-4,9-10H2,1-2H3. The second-order valence-corrected chi connectivity index (χ2v) is 5.68. The van der Waals surface area contributed by atoms with Crippen LogP contribution in [0.2, 0.25) is 5.02 Å². The number of rotatable bonds is 3. The first-order chi connectivity index (χ1) is 9.06. The number of piperidine rings is 1. The highest BCUT2D eigenvalue weighted by molar-refractivity contribution is 6.30. The van der Waals surface area contributed by atoms with Crippen LogP contribution in [0, 0.1) is 5.92 Å². The number of halogens is 1. The maximum atomic E-state index is 12.3. The fourth-order valence-corrected chi connectivity index (χ4v) is 2.54. The van der Waals surface area contributed by atoms with Crippen LogP contribution in [-0.2, 0) is 4.79 Å². The van der Waals surface area contributed by atoms with Gasteiger partial charge in [-0.3, -0.25) is 4.79 Å². The zero-order valence-electron chi connectivity index (χ0n) is 11.4. The van der Waals surface area contributed by atoms with E-state index in [1.165, 1.54) is 6.42 Å². The van der Waals surface area contributed by atoms with Gasteiger partial charge < -0.3 is 9.64 Å². The van der Waals surface area contributed by atoms with Gasteiger partial charge in [-0.05, 0) is 49.9 Å². The van der Waals surface area contributed by atoms with Gasteiger partial charge in [0.2, 0.25) is 0 Å². The van der Waals surface area contributed by atoms with Crippen molar-refractivity contribution in [3.8, 4) is 5.75 Å². The van der Waals surface area contributed by atoms with Crippen molar-refractivity contribution < 1.29 is 9.53 Å². The minimum Gasteiger partial charge on any atom is -0.481 e. The Balaban J connectivity index is 1.93. The molecule has 1 fully saturated rings. The normalized spacial score (nSPS) is 21.0. The number of benzene rings is 1. The van der Waals surface area contributed by atoms with E-state index < -0.39 is 6.10 Å². The lowest BCUT2D eigenvalue weighted by Gasteiger charge is -2.32. The van der Waals surface area contributed by atoms with E-state index in [0.29, 0.717) is 16.7 Å². The number of carbonyl (C=O) groups excluding carboxylic acids is 1. The molecular weight excluding hydrogens is 262 g/mol. The summed E-state index contributed by atoms with van der Waals surface area (Å²) in [5, 5.41) is 0.663. The Kier molecular flexibility index (Phi) is 4.70. The summed E-state index contributed by atoms with van der Waals surface area (Å²) in [5.41, 5.74) is 0. The summed E-state index contributed by atoms with van der Waals surface area (Å²) in [6.45, 7) is 5.67.